The fourth-order valence-corrected chi connectivity index (χ4v) is 1.45. The zero-order valence-electron chi connectivity index (χ0n) is 8.83. The molecule has 1 heterocycles. The third-order valence-electron chi connectivity index (χ3n) is 1.99. The highest BCUT2D eigenvalue weighted by Gasteiger charge is 2.00. The van der Waals surface area contributed by atoms with Crippen LogP contribution >= 0.6 is 15.9 Å². The van der Waals surface area contributed by atoms with Crippen molar-refractivity contribution in [1.29, 1.82) is 0 Å². The van der Waals surface area contributed by atoms with E-state index in [1.54, 1.807) is 0 Å². The molecule has 0 unspecified atom stereocenters. The number of halogens is 1. The Bertz CT molecular complexity index is 258. The third-order valence-corrected chi connectivity index (χ3v) is 2.55. The molecule has 1 aromatic rings. The fourth-order valence-electron chi connectivity index (χ4n) is 1.17. The van der Waals surface area contributed by atoms with Gasteiger partial charge in [-0.3, -0.25) is 4.68 Å². The highest BCUT2D eigenvalue weighted by atomic mass is 79.9. The predicted octanol–water partition coefficient (Wildman–Crippen LogP) is 2.34. The van der Waals surface area contributed by atoms with E-state index < -0.39 is 0 Å². The smallest absolute Gasteiger partial charge is 0.0762 e. The lowest BCUT2D eigenvalue weighted by Gasteiger charge is -2.04. The first-order chi connectivity index (χ1) is 6.74. The summed E-state index contributed by atoms with van der Waals surface area (Å²) in [7, 11) is 0. The van der Waals surface area contributed by atoms with Crippen LogP contribution in [-0.4, -0.2) is 21.7 Å². The van der Waals surface area contributed by atoms with Gasteiger partial charge in [0, 0.05) is 24.1 Å². The van der Waals surface area contributed by atoms with Gasteiger partial charge in [0.25, 0.3) is 0 Å². The Kier molecular flexibility index (Phi) is 5.19. The van der Waals surface area contributed by atoms with Crippen LogP contribution in [0.25, 0.3) is 0 Å². The second-order valence-electron chi connectivity index (χ2n) is 3.60. The van der Waals surface area contributed by atoms with E-state index in [1.165, 1.54) is 0 Å². The lowest BCUT2D eigenvalue weighted by molar-refractivity contribution is 0.521. The van der Waals surface area contributed by atoms with Crippen molar-refractivity contribution in [2.75, 3.05) is 11.9 Å². The average Bonchev–Trinajstić information content (AvgIpc) is 2.61. The van der Waals surface area contributed by atoms with Gasteiger partial charge in [0.2, 0.25) is 0 Å². The van der Waals surface area contributed by atoms with Crippen molar-refractivity contribution in [3.05, 3.63) is 18.0 Å². The summed E-state index contributed by atoms with van der Waals surface area (Å²) in [6.45, 7) is 6.18. The van der Waals surface area contributed by atoms with Crippen molar-refractivity contribution >= 4 is 15.9 Å². The quantitative estimate of drug-likeness (QED) is 0.628. The van der Waals surface area contributed by atoms with E-state index in [0.717, 1.165) is 30.5 Å². The van der Waals surface area contributed by atoms with Gasteiger partial charge in [0.1, 0.15) is 0 Å². The summed E-state index contributed by atoms with van der Waals surface area (Å²) in [6.07, 6.45) is 3.19. The van der Waals surface area contributed by atoms with Crippen LogP contribution in [0.15, 0.2) is 12.3 Å². The fraction of sp³-hybridized carbons (Fsp3) is 0.700. The zero-order chi connectivity index (χ0) is 10.4. The Hall–Kier alpha value is -0.350. The van der Waals surface area contributed by atoms with Gasteiger partial charge in [-0.25, -0.2) is 0 Å². The van der Waals surface area contributed by atoms with E-state index >= 15 is 0 Å². The predicted molar refractivity (Wildman–Crippen MR) is 62.7 cm³/mol. The van der Waals surface area contributed by atoms with Crippen LogP contribution in [0.2, 0.25) is 0 Å². The minimum absolute atomic E-state index is 0.450. The molecule has 0 aromatic carbocycles. The lowest BCUT2D eigenvalue weighted by atomic mass is 10.4. The number of hydrogen-bond donors (Lipinski definition) is 1. The van der Waals surface area contributed by atoms with Gasteiger partial charge in [0.05, 0.1) is 5.69 Å². The molecule has 0 bridgehead atoms. The van der Waals surface area contributed by atoms with Gasteiger partial charge in [-0.05, 0) is 32.9 Å². The Labute approximate surface area is 94.0 Å². The Balaban J connectivity index is 2.29. The highest BCUT2D eigenvalue weighted by Crippen LogP contribution is 2.03. The summed E-state index contributed by atoms with van der Waals surface area (Å²) >= 11 is 3.40. The molecule has 1 aromatic heterocycles. The molecule has 80 valence electrons. The summed E-state index contributed by atoms with van der Waals surface area (Å²) in [5, 5.41) is 8.85. The van der Waals surface area contributed by atoms with E-state index in [4.69, 9.17) is 0 Å². The Morgan fingerprint density at radius 1 is 1.57 bits per heavy atom. The monoisotopic (exact) mass is 259 g/mol. The minimum atomic E-state index is 0.450. The Morgan fingerprint density at radius 3 is 2.93 bits per heavy atom. The maximum Gasteiger partial charge on any atom is 0.0762 e. The molecule has 0 aliphatic heterocycles. The topological polar surface area (TPSA) is 29.9 Å². The van der Waals surface area contributed by atoms with E-state index in [9.17, 15) is 0 Å². The lowest BCUT2D eigenvalue weighted by Crippen LogP contribution is -2.15. The summed E-state index contributed by atoms with van der Waals surface area (Å²) in [5.41, 5.74) is 1.12. The van der Waals surface area contributed by atoms with Gasteiger partial charge in [0.15, 0.2) is 0 Å². The first-order valence-corrected chi connectivity index (χ1v) is 6.17. The molecule has 0 fully saturated rings. The normalized spacial score (nSPS) is 11.1. The van der Waals surface area contributed by atoms with Gasteiger partial charge in [-0.2, -0.15) is 5.10 Å². The second-order valence-corrected chi connectivity index (χ2v) is 4.39. The molecule has 0 saturated carbocycles. The molecule has 1 rings (SSSR count). The van der Waals surface area contributed by atoms with Crippen molar-refractivity contribution in [3.63, 3.8) is 0 Å². The summed E-state index contributed by atoms with van der Waals surface area (Å²) in [5.74, 6) is 0. The van der Waals surface area contributed by atoms with Crippen molar-refractivity contribution in [1.82, 2.24) is 15.1 Å². The number of nitrogens with one attached hydrogen (secondary N) is 1. The van der Waals surface area contributed by atoms with Crippen LogP contribution in [0.5, 0.6) is 0 Å². The number of alkyl halides is 1. The second kappa shape index (κ2) is 6.19. The van der Waals surface area contributed by atoms with Crippen molar-refractivity contribution in [2.45, 2.75) is 32.9 Å². The molecule has 0 aliphatic carbocycles. The van der Waals surface area contributed by atoms with Crippen LogP contribution in [0.4, 0.5) is 0 Å². The van der Waals surface area contributed by atoms with Gasteiger partial charge < -0.3 is 5.32 Å². The molecule has 0 radical (unpaired) electrons. The van der Waals surface area contributed by atoms with Gasteiger partial charge in [-0.1, -0.05) is 15.9 Å². The molecule has 14 heavy (non-hydrogen) atoms. The molecule has 0 amide bonds. The maximum absolute atomic E-state index is 4.45. The van der Waals surface area contributed by atoms with Gasteiger partial charge >= 0.3 is 0 Å². The molecule has 3 nitrogen and oxygen atoms in total. The van der Waals surface area contributed by atoms with E-state index in [2.05, 4.69) is 46.3 Å². The first kappa shape index (κ1) is 11.7. The number of aromatic nitrogens is 2. The number of nitrogens with zero attached hydrogens (tertiary/aromatic N) is 2. The molecule has 1 N–H and O–H groups in total. The molecule has 4 heteroatoms. The van der Waals surface area contributed by atoms with E-state index in [0.29, 0.717) is 6.04 Å². The molecular formula is C10H18BrN3. The third kappa shape index (κ3) is 3.80. The molecule has 0 spiro atoms. The average molecular weight is 260 g/mol. The highest BCUT2D eigenvalue weighted by molar-refractivity contribution is 9.09. The van der Waals surface area contributed by atoms with Crippen molar-refractivity contribution in [3.8, 4) is 0 Å². The first-order valence-electron chi connectivity index (χ1n) is 5.04. The minimum Gasteiger partial charge on any atom is -0.311 e. The van der Waals surface area contributed by atoms with E-state index in [-0.39, 0.29) is 0 Å². The van der Waals surface area contributed by atoms with E-state index in [1.807, 2.05) is 10.9 Å². The summed E-state index contributed by atoms with van der Waals surface area (Å²) < 4.78 is 1.99. The van der Waals surface area contributed by atoms with Crippen LogP contribution in [0.1, 0.15) is 32.0 Å². The molecule has 0 atom stereocenters. The largest absolute Gasteiger partial charge is 0.311 e. The van der Waals surface area contributed by atoms with Crippen LogP contribution in [-0.2, 0) is 6.54 Å². The molecular weight excluding hydrogens is 242 g/mol. The van der Waals surface area contributed by atoms with Crippen LogP contribution in [0.3, 0.4) is 0 Å². The van der Waals surface area contributed by atoms with Gasteiger partial charge in [-0.15, -0.1) is 0 Å². The van der Waals surface area contributed by atoms with Crippen LogP contribution in [0, 0.1) is 0 Å². The molecule has 0 saturated heterocycles. The summed E-state index contributed by atoms with van der Waals surface area (Å²) in [4.78, 5) is 0. The Morgan fingerprint density at radius 2 is 2.36 bits per heavy atom. The SMILES string of the molecule is CC(C)n1ccc(CNCCCBr)n1. The van der Waals surface area contributed by atoms with Crippen LogP contribution < -0.4 is 5.32 Å². The number of hydrogen-bond acceptors (Lipinski definition) is 2. The molecule has 0 aliphatic rings. The van der Waals surface area contributed by atoms with Crippen molar-refractivity contribution < 1.29 is 0 Å². The number of rotatable bonds is 6. The summed E-state index contributed by atoms with van der Waals surface area (Å²) in [6, 6.07) is 2.52. The zero-order valence-corrected chi connectivity index (χ0v) is 10.4. The standard InChI is InChI=1S/C10H18BrN3/c1-9(2)14-7-4-10(13-14)8-12-6-3-5-11/h4,7,9,12H,3,5-6,8H2,1-2H3. The maximum atomic E-state index is 4.45. The van der Waals surface area contributed by atoms with Crippen molar-refractivity contribution in [2.24, 2.45) is 0 Å².